The monoisotopic (exact) mass is 274 g/mol. The van der Waals surface area contributed by atoms with E-state index in [1.807, 2.05) is 6.92 Å². The van der Waals surface area contributed by atoms with Gasteiger partial charge in [-0.3, -0.25) is 4.79 Å². The average Bonchev–Trinajstić information content (AvgIpc) is 2.36. The van der Waals surface area contributed by atoms with Crippen molar-refractivity contribution < 1.29 is 22.7 Å². The molecule has 0 aliphatic rings. The van der Waals surface area contributed by atoms with E-state index >= 15 is 0 Å². The van der Waals surface area contributed by atoms with Crippen molar-refractivity contribution in [3.8, 4) is 0 Å². The van der Waals surface area contributed by atoms with Gasteiger partial charge in [0, 0.05) is 0 Å². The van der Waals surface area contributed by atoms with Crippen LogP contribution >= 0.6 is 0 Å². The van der Waals surface area contributed by atoms with Crippen LogP contribution < -0.4 is 0 Å². The molecule has 0 spiro atoms. The van der Waals surface area contributed by atoms with Gasteiger partial charge in [0.15, 0.2) is 0 Å². The number of benzene rings is 1. The molecule has 106 valence electrons. The number of carbonyl (C=O) groups excluding carboxylic acids is 1. The lowest BCUT2D eigenvalue weighted by molar-refractivity contribution is -0.161. The molecule has 1 unspecified atom stereocenters. The maximum atomic E-state index is 12.5. The maximum Gasteiger partial charge on any atom is 0.390 e. The van der Waals surface area contributed by atoms with Crippen molar-refractivity contribution in [1.29, 1.82) is 0 Å². The van der Waals surface area contributed by atoms with Crippen molar-refractivity contribution in [3.63, 3.8) is 0 Å². The summed E-state index contributed by atoms with van der Waals surface area (Å²) in [5, 5.41) is 0. The summed E-state index contributed by atoms with van der Waals surface area (Å²) in [5.41, 5.74) is 0.335. The number of unbranched alkanes of at least 4 members (excludes halogenated alkanes) is 1. The number of esters is 1. The third-order valence-corrected chi connectivity index (χ3v) is 2.66. The number of carbonyl (C=O) groups is 1. The van der Waals surface area contributed by atoms with E-state index in [-0.39, 0.29) is 6.61 Å². The molecule has 0 aliphatic carbocycles. The van der Waals surface area contributed by atoms with Crippen LogP contribution in [-0.2, 0) is 9.53 Å². The van der Waals surface area contributed by atoms with E-state index in [2.05, 4.69) is 0 Å². The van der Waals surface area contributed by atoms with Gasteiger partial charge in [-0.2, -0.15) is 13.2 Å². The third-order valence-electron chi connectivity index (χ3n) is 2.66. The summed E-state index contributed by atoms with van der Waals surface area (Å²) in [4.78, 5) is 11.8. The topological polar surface area (TPSA) is 26.3 Å². The Bertz CT molecular complexity index is 387. The van der Waals surface area contributed by atoms with Gasteiger partial charge in [0.2, 0.25) is 0 Å². The Labute approximate surface area is 110 Å². The first-order valence-corrected chi connectivity index (χ1v) is 6.22. The molecule has 0 fully saturated rings. The van der Waals surface area contributed by atoms with E-state index in [0.29, 0.717) is 12.0 Å². The number of hydrogen-bond acceptors (Lipinski definition) is 2. The lowest BCUT2D eigenvalue weighted by atomic mass is 9.95. The molecule has 1 atom stereocenters. The zero-order chi connectivity index (χ0) is 14.3. The fourth-order valence-electron chi connectivity index (χ4n) is 1.67. The Balaban J connectivity index is 2.78. The molecule has 1 aromatic rings. The number of ether oxygens (including phenoxy) is 1. The number of rotatable bonds is 6. The van der Waals surface area contributed by atoms with Crippen LogP contribution in [0.3, 0.4) is 0 Å². The van der Waals surface area contributed by atoms with Crippen LogP contribution in [0, 0.1) is 0 Å². The Morgan fingerprint density at radius 3 is 2.42 bits per heavy atom. The summed E-state index contributed by atoms with van der Waals surface area (Å²) >= 11 is 0. The van der Waals surface area contributed by atoms with E-state index in [9.17, 15) is 18.0 Å². The molecule has 0 saturated carbocycles. The van der Waals surface area contributed by atoms with Gasteiger partial charge in [-0.1, -0.05) is 43.7 Å². The minimum absolute atomic E-state index is 0.163. The van der Waals surface area contributed by atoms with Crippen LogP contribution in [0.2, 0.25) is 0 Å². The van der Waals surface area contributed by atoms with Crippen molar-refractivity contribution >= 4 is 5.97 Å². The van der Waals surface area contributed by atoms with Gasteiger partial charge in [-0.15, -0.1) is 0 Å². The van der Waals surface area contributed by atoms with Gasteiger partial charge < -0.3 is 4.74 Å². The second-order valence-electron chi connectivity index (χ2n) is 4.30. The molecular weight excluding hydrogens is 257 g/mol. The SMILES string of the molecule is CCCCOC(=O)C(CC(F)(F)F)c1ccccc1. The molecule has 0 heterocycles. The van der Waals surface area contributed by atoms with Crippen LogP contribution in [0.1, 0.15) is 37.7 Å². The Morgan fingerprint density at radius 1 is 1.26 bits per heavy atom. The average molecular weight is 274 g/mol. The molecular formula is C14H17F3O2. The predicted octanol–water partition coefficient (Wildman–Crippen LogP) is 4.07. The Morgan fingerprint density at radius 2 is 1.89 bits per heavy atom. The molecule has 0 amide bonds. The molecule has 0 N–H and O–H groups in total. The van der Waals surface area contributed by atoms with E-state index in [0.717, 1.165) is 6.42 Å². The smallest absolute Gasteiger partial charge is 0.390 e. The fourth-order valence-corrected chi connectivity index (χ4v) is 1.67. The molecule has 0 radical (unpaired) electrons. The number of alkyl halides is 3. The van der Waals surface area contributed by atoms with Gasteiger partial charge in [0.05, 0.1) is 18.9 Å². The highest BCUT2D eigenvalue weighted by molar-refractivity contribution is 5.78. The Kier molecular flexibility index (Phi) is 5.86. The van der Waals surface area contributed by atoms with Crippen molar-refractivity contribution in [1.82, 2.24) is 0 Å². The van der Waals surface area contributed by atoms with Crippen molar-refractivity contribution in [2.75, 3.05) is 6.61 Å². The third kappa shape index (κ3) is 5.77. The normalized spacial score (nSPS) is 13.1. The summed E-state index contributed by atoms with van der Waals surface area (Å²) < 4.78 is 42.5. The van der Waals surface area contributed by atoms with Crippen molar-refractivity contribution in [2.45, 2.75) is 38.3 Å². The van der Waals surface area contributed by atoms with Crippen LogP contribution in [-0.4, -0.2) is 18.8 Å². The summed E-state index contributed by atoms with van der Waals surface area (Å²) in [6, 6.07) is 7.93. The summed E-state index contributed by atoms with van der Waals surface area (Å²) in [6.07, 6.45) is -4.12. The van der Waals surface area contributed by atoms with E-state index in [1.165, 1.54) is 12.1 Å². The first kappa shape index (κ1) is 15.5. The molecule has 0 aromatic heterocycles. The lowest BCUT2D eigenvalue weighted by Crippen LogP contribution is -2.23. The highest BCUT2D eigenvalue weighted by Crippen LogP contribution is 2.32. The minimum Gasteiger partial charge on any atom is -0.465 e. The van der Waals surface area contributed by atoms with Gasteiger partial charge >= 0.3 is 12.1 Å². The highest BCUT2D eigenvalue weighted by Gasteiger charge is 2.37. The molecule has 0 saturated heterocycles. The van der Waals surface area contributed by atoms with Crippen LogP contribution in [0.25, 0.3) is 0 Å². The summed E-state index contributed by atoms with van der Waals surface area (Å²) in [6.45, 7) is 2.08. The largest absolute Gasteiger partial charge is 0.465 e. The highest BCUT2D eigenvalue weighted by atomic mass is 19.4. The van der Waals surface area contributed by atoms with E-state index in [1.54, 1.807) is 18.2 Å². The molecule has 0 aliphatic heterocycles. The summed E-state index contributed by atoms with van der Waals surface area (Å²) in [5.74, 6) is -2.09. The van der Waals surface area contributed by atoms with Gasteiger partial charge in [0.1, 0.15) is 0 Å². The zero-order valence-corrected chi connectivity index (χ0v) is 10.7. The number of hydrogen-bond donors (Lipinski definition) is 0. The maximum absolute atomic E-state index is 12.5. The predicted molar refractivity (Wildman–Crippen MR) is 65.7 cm³/mol. The van der Waals surface area contributed by atoms with E-state index < -0.39 is 24.5 Å². The number of halogens is 3. The van der Waals surface area contributed by atoms with Crippen molar-refractivity contribution in [3.05, 3.63) is 35.9 Å². The second-order valence-corrected chi connectivity index (χ2v) is 4.30. The van der Waals surface area contributed by atoms with E-state index in [4.69, 9.17) is 4.74 Å². The van der Waals surface area contributed by atoms with Crippen LogP contribution in [0.5, 0.6) is 0 Å². The van der Waals surface area contributed by atoms with Gasteiger partial charge in [0.25, 0.3) is 0 Å². The molecule has 0 bridgehead atoms. The van der Waals surface area contributed by atoms with Crippen LogP contribution in [0.15, 0.2) is 30.3 Å². The molecule has 2 nitrogen and oxygen atoms in total. The van der Waals surface area contributed by atoms with Gasteiger partial charge in [-0.25, -0.2) is 0 Å². The molecule has 1 rings (SSSR count). The standard InChI is InChI=1S/C14H17F3O2/c1-2-3-9-19-13(18)12(10-14(15,16)17)11-7-5-4-6-8-11/h4-8,12H,2-3,9-10H2,1H3. The lowest BCUT2D eigenvalue weighted by Gasteiger charge is -2.18. The quantitative estimate of drug-likeness (QED) is 0.577. The fraction of sp³-hybridized carbons (Fsp3) is 0.500. The van der Waals surface area contributed by atoms with Gasteiger partial charge in [-0.05, 0) is 12.0 Å². The second kappa shape index (κ2) is 7.16. The summed E-state index contributed by atoms with van der Waals surface area (Å²) in [7, 11) is 0. The zero-order valence-electron chi connectivity index (χ0n) is 10.7. The van der Waals surface area contributed by atoms with Crippen LogP contribution in [0.4, 0.5) is 13.2 Å². The first-order chi connectivity index (χ1) is 8.94. The molecule has 5 heteroatoms. The molecule has 1 aromatic carbocycles. The minimum atomic E-state index is -4.40. The Hall–Kier alpha value is -1.52. The first-order valence-electron chi connectivity index (χ1n) is 6.22. The van der Waals surface area contributed by atoms with Crippen molar-refractivity contribution in [2.24, 2.45) is 0 Å². The molecule has 19 heavy (non-hydrogen) atoms.